The Morgan fingerprint density at radius 2 is 2.27 bits per heavy atom. The molecular formula is C10H11Cl2N3. The van der Waals surface area contributed by atoms with Crippen LogP contribution in [0.4, 0.5) is 5.69 Å². The first-order valence-corrected chi connectivity index (χ1v) is 5.79. The molecule has 0 spiro atoms. The number of halogens is 2. The summed E-state index contributed by atoms with van der Waals surface area (Å²) >= 11 is 11.7. The maximum atomic E-state index is 5.94. The van der Waals surface area contributed by atoms with E-state index in [4.69, 9.17) is 23.2 Å². The minimum Gasteiger partial charge on any atom is -0.368 e. The highest BCUT2D eigenvalue weighted by Crippen LogP contribution is 2.30. The average molecular weight is 244 g/mol. The van der Waals surface area contributed by atoms with Crippen molar-refractivity contribution in [1.29, 1.82) is 0 Å². The van der Waals surface area contributed by atoms with Gasteiger partial charge in [-0.3, -0.25) is 0 Å². The summed E-state index contributed by atoms with van der Waals surface area (Å²) in [5.41, 5.74) is 1.07. The standard InChI is InChI=1S/C10H11Cl2N3/c11-8-1-7(3-14-10(8)12)15-4-6-2-13-9(6)5-15/h1,3,6,9,13H,2,4-5H2/t6-,9-/m0/s1. The Morgan fingerprint density at radius 1 is 1.40 bits per heavy atom. The van der Waals surface area contributed by atoms with E-state index >= 15 is 0 Å². The lowest BCUT2D eigenvalue weighted by molar-refractivity contribution is 0.297. The summed E-state index contributed by atoms with van der Waals surface area (Å²) in [4.78, 5) is 6.38. The normalized spacial score (nSPS) is 28.8. The molecule has 2 atom stereocenters. The van der Waals surface area contributed by atoms with Crippen LogP contribution >= 0.6 is 23.2 Å². The van der Waals surface area contributed by atoms with Crippen LogP contribution in [0.1, 0.15) is 0 Å². The van der Waals surface area contributed by atoms with Crippen molar-refractivity contribution in [3.8, 4) is 0 Å². The molecule has 2 aliphatic heterocycles. The Bertz CT molecular complexity index is 384. The summed E-state index contributed by atoms with van der Waals surface area (Å²) in [5, 5.41) is 4.32. The van der Waals surface area contributed by atoms with E-state index in [0.717, 1.165) is 31.2 Å². The van der Waals surface area contributed by atoms with Gasteiger partial charge in [-0.2, -0.15) is 0 Å². The molecule has 3 heterocycles. The van der Waals surface area contributed by atoms with Gasteiger partial charge in [0.2, 0.25) is 0 Å². The van der Waals surface area contributed by atoms with Crippen LogP contribution < -0.4 is 10.2 Å². The fraction of sp³-hybridized carbons (Fsp3) is 0.500. The van der Waals surface area contributed by atoms with Crippen molar-refractivity contribution in [3.05, 3.63) is 22.4 Å². The van der Waals surface area contributed by atoms with Gasteiger partial charge in [-0.25, -0.2) is 4.98 Å². The number of fused-ring (bicyclic) bond motifs is 1. The van der Waals surface area contributed by atoms with Gasteiger partial charge in [0, 0.05) is 31.6 Å². The molecule has 0 saturated carbocycles. The molecule has 2 fully saturated rings. The van der Waals surface area contributed by atoms with Crippen molar-refractivity contribution >= 4 is 28.9 Å². The second-order valence-corrected chi connectivity index (χ2v) is 4.91. The number of nitrogens with zero attached hydrogens (tertiary/aromatic N) is 2. The predicted molar refractivity (Wildman–Crippen MR) is 61.8 cm³/mol. The maximum absolute atomic E-state index is 5.94. The number of pyridine rings is 1. The summed E-state index contributed by atoms with van der Waals surface area (Å²) in [7, 11) is 0. The highest BCUT2D eigenvalue weighted by molar-refractivity contribution is 6.41. The van der Waals surface area contributed by atoms with Crippen LogP contribution in [0, 0.1) is 5.92 Å². The molecule has 3 rings (SSSR count). The van der Waals surface area contributed by atoms with E-state index in [-0.39, 0.29) is 0 Å². The topological polar surface area (TPSA) is 28.2 Å². The second kappa shape index (κ2) is 3.51. The number of anilines is 1. The molecule has 0 amide bonds. The fourth-order valence-electron chi connectivity index (χ4n) is 2.25. The van der Waals surface area contributed by atoms with E-state index in [1.807, 2.05) is 6.07 Å². The molecule has 15 heavy (non-hydrogen) atoms. The van der Waals surface area contributed by atoms with Gasteiger partial charge in [-0.1, -0.05) is 23.2 Å². The van der Waals surface area contributed by atoms with Crippen molar-refractivity contribution in [2.24, 2.45) is 5.92 Å². The Balaban J connectivity index is 1.84. The number of hydrogen-bond acceptors (Lipinski definition) is 3. The number of nitrogens with one attached hydrogen (secondary N) is 1. The largest absolute Gasteiger partial charge is 0.368 e. The lowest BCUT2D eigenvalue weighted by atomic mass is 9.96. The number of hydrogen-bond donors (Lipinski definition) is 1. The van der Waals surface area contributed by atoms with Crippen molar-refractivity contribution in [2.45, 2.75) is 6.04 Å². The molecule has 80 valence electrons. The predicted octanol–water partition coefficient (Wildman–Crippen LogP) is 1.80. The molecule has 0 aliphatic carbocycles. The molecule has 0 bridgehead atoms. The minimum absolute atomic E-state index is 0.376. The Kier molecular flexibility index (Phi) is 2.27. The molecule has 1 aromatic rings. The first-order valence-electron chi connectivity index (χ1n) is 5.03. The van der Waals surface area contributed by atoms with E-state index in [1.165, 1.54) is 0 Å². The zero-order valence-electron chi connectivity index (χ0n) is 8.08. The van der Waals surface area contributed by atoms with Gasteiger partial charge in [-0.15, -0.1) is 0 Å². The SMILES string of the molecule is Clc1cc(N2C[C@@H]3CN[C@H]3C2)cnc1Cl. The van der Waals surface area contributed by atoms with Gasteiger partial charge in [-0.05, 0) is 6.07 Å². The van der Waals surface area contributed by atoms with Crippen LogP contribution in [0.3, 0.4) is 0 Å². The van der Waals surface area contributed by atoms with E-state index in [9.17, 15) is 0 Å². The van der Waals surface area contributed by atoms with Crippen molar-refractivity contribution in [1.82, 2.24) is 10.3 Å². The number of rotatable bonds is 1. The van der Waals surface area contributed by atoms with Crippen LogP contribution in [0.15, 0.2) is 12.3 Å². The zero-order chi connectivity index (χ0) is 10.4. The molecule has 2 saturated heterocycles. The van der Waals surface area contributed by atoms with Crippen molar-refractivity contribution in [3.63, 3.8) is 0 Å². The van der Waals surface area contributed by atoms with Gasteiger partial charge >= 0.3 is 0 Å². The molecule has 2 aliphatic rings. The average Bonchev–Trinajstić information content (AvgIpc) is 2.48. The van der Waals surface area contributed by atoms with Crippen molar-refractivity contribution in [2.75, 3.05) is 24.5 Å². The van der Waals surface area contributed by atoms with Crippen LogP contribution in [-0.2, 0) is 0 Å². The molecule has 3 nitrogen and oxygen atoms in total. The van der Waals surface area contributed by atoms with E-state index < -0.39 is 0 Å². The molecule has 5 heteroatoms. The lowest BCUT2D eigenvalue weighted by Gasteiger charge is -2.29. The number of aromatic nitrogens is 1. The van der Waals surface area contributed by atoms with Gasteiger partial charge in [0.25, 0.3) is 0 Å². The highest BCUT2D eigenvalue weighted by atomic mass is 35.5. The van der Waals surface area contributed by atoms with Crippen LogP contribution in [0.2, 0.25) is 10.2 Å². The summed E-state index contributed by atoms with van der Waals surface area (Å²) in [6.45, 7) is 3.28. The monoisotopic (exact) mass is 243 g/mol. The van der Waals surface area contributed by atoms with Crippen molar-refractivity contribution < 1.29 is 0 Å². The quantitative estimate of drug-likeness (QED) is 0.763. The zero-order valence-corrected chi connectivity index (χ0v) is 9.59. The fourth-order valence-corrected chi connectivity index (χ4v) is 2.51. The first kappa shape index (κ1) is 9.70. The highest BCUT2D eigenvalue weighted by Gasteiger charge is 2.39. The third-order valence-electron chi connectivity index (χ3n) is 3.23. The maximum Gasteiger partial charge on any atom is 0.147 e. The summed E-state index contributed by atoms with van der Waals surface area (Å²) in [6, 6.07) is 2.54. The van der Waals surface area contributed by atoms with E-state index in [0.29, 0.717) is 16.2 Å². The first-order chi connectivity index (χ1) is 7.24. The summed E-state index contributed by atoms with van der Waals surface area (Å²) in [6.07, 6.45) is 1.79. The third kappa shape index (κ3) is 1.59. The Labute approximate surface area is 98.4 Å². The second-order valence-electron chi connectivity index (χ2n) is 4.15. The molecular weight excluding hydrogens is 233 g/mol. The summed E-state index contributed by atoms with van der Waals surface area (Å²) < 4.78 is 0. The molecule has 0 aromatic carbocycles. The van der Waals surface area contributed by atoms with Crippen LogP contribution in [0.25, 0.3) is 0 Å². The van der Waals surface area contributed by atoms with E-state index in [2.05, 4.69) is 15.2 Å². The van der Waals surface area contributed by atoms with E-state index in [1.54, 1.807) is 6.20 Å². The minimum atomic E-state index is 0.376. The lowest BCUT2D eigenvalue weighted by Crippen LogP contribution is -2.51. The Hall–Kier alpha value is -0.510. The molecule has 0 radical (unpaired) electrons. The van der Waals surface area contributed by atoms with Gasteiger partial charge in [0.05, 0.1) is 16.9 Å². The molecule has 1 N–H and O–H groups in total. The third-order valence-corrected chi connectivity index (χ3v) is 3.92. The van der Waals surface area contributed by atoms with Crippen LogP contribution in [0.5, 0.6) is 0 Å². The van der Waals surface area contributed by atoms with Gasteiger partial charge in [0.15, 0.2) is 0 Å². The van der Waals surface area contributed by atoms with Gasteiger partial charge in [0.1, 0.15) is 5.15 Å². The smallest absolute Gasteiger partial charge is 0.147 e. The van der Waals surface area contributed by atoms with Gasteiger partial charge < -0.3 is 10.2 Å². The Morgan fingerprint density at radius 3 is 2.80 bits per heavy atom. The molecule has 1 aromatic heterocycles. The molecule has 0 unspecified atom stereocenters. The summed E-state index contributed by atoms with van der Waals surface area (Å²) in [5.74, 6) is 0.791. The van der Waals surface area contributed by atoms with Crippen LogP contribution in [-0.4, -0.2) is 30.7 Å².